The Balaban J connectivity index is 2.20. The molecule has 0 spiro atoms. The molecular formula is C36H53NO5. The van der Waals surface area contributed by atoms with Crippen LogP contribution in [0.4, 0.5) is 0 Å². The second-order valence-corrected chi connectivity index (χ2v) is 11.4. The van der Waals surface area contributed by atoms with Crippen molar-refractivity contribution in [2.45, 2.75) is 112 Å². The van der Waals surface area contributed by atoms with E-state index in [1.54, 1.807) is 6.07 Å². The number of phenols is 2. The monoisotopic (exact) mass is 579 g/mol. The fourth-order valence-electron chi connectivity index (χ4n) is 4.20. The fourth-order valence-corrected chi connectivity index (χ4v) is 4.20. The van der Waals surface area contributed by atoms with Gasteiger partial charge in [-0.1, -0.05) is 64.3 Å². The first-order valence-corrected chi connectivity index (χ1v) is 15.1. The first-order chi connectivity index (χ1) is 20.0. The maximum atomic E-state index is 12.0. The maximum absolute atomic E-state index is 12.0. The topological polar surface area (TPSA) is 95.9 Å². The SMILES string of the molecule is CC(C)=CCC/C(C)=C\CC/C(C)=C/CC/C=C(\C)CC/C=C(\C)CCC(=O)OCC(=O)NCc1ccc(O)c(O)c1. The fraction of sp³-hybridized carbons (Fsp3) is 0.500. The van der Waals surface area contributed by atoms with Gasteiger partial charge in [0.25, 0.3) is 5.91 Å². The number of hydrogen-bond acceptors (Lipinski definition) is 5. The van der Waals surface area contributed by atoms with Gasteiger partial charge in [-0.05, 0) is 117 Å². The van der Waals surface area contributed by atoms with E-state index in [1.165, 1.54) is 34.4 Å². The van der Waals surface area contributed by atoms with E-state index >= 15 is 0 Å². The van der Waals surface area contributed by atoms with E-state index < -0.39 is 11.9 Å². The molecule has 0 saturated heterocycles. The summed E-state index contributed by atoms with van der Waals surface area (Å²) in [6, 6.07) is 4.30. The summed E-state index contributed by atoms with van der Waals surface area (Å²) in [5, 5.41) is 21.5. The standard InChI is InChI=1S/C36H53NO5/c1-27(2)12-9-15-30(5)18-10-16-28(3)13-7-8-14-29(4)17-11-19-31(6)20-23-36(41)42-26-35(40)37-25-32-21-22-33(38)34(39)24-32/h12-14,18-19,21-22,24,38-39H,7-11,15-17,20,23,25-26H2,1-6H3,(H,37,40)/b28-13+,29-14+,30-18-,31-19+. The van der Waals surface area contributed by atoms with Crippen LogP contribution in [0.5, 0.6) is 11.5 Å². The van der Waals surface area contributed by atoms with Crippen LogP contribution in [-0.4, -0.2) is 28.7 Å². The van der Waals surface area contributed by atoms with Crippen molar-refractivity contribution in [2.24, 2.45) is 0 Å². The van der Waals surface area contributed by atoms with Gasteiger partial charge in [0.05, 0.1) is 0 Å². The number of benzene rings is 1. The molecule has 0 aromatic heterocycles. The van der Waals surface area contributed by atoms with E-state index in [4.69, 9.17) is 4.74 Å². The summed E-state index contributed by atoms with van der Waals surface area (Å²) >= 11 is 0. The van der Waals surface area contributed by atoms with E-state index in [0.717, 1.165) is 56.9 Å². The summed E-state index contributed by atoms with van der Waals surface area (Å²) in [6.07, 6.45) is 21.0. The first kappa shape index (κ1) is 36.5. The van der Waals surface area contributed by atoms with Crippen molar-refractivity contribution in [1.82, 2.24) is 5.32 Å². The molecule has 42 heavy (non-hydrogen) atoms. The number of carbonyl (C=O) groups excluding carboxylic acids is 2. The molecule has 0 saturated carbocycles. The number of allylic oxidation sites excluding steroid dienone is 10. The van der Waals surface area contributed by atoms with Gasteiger partial charge in [0.2, 0.25) is 0 Å². The summed E-state index contributed by atoms with van der Waals surface area (Å²) in [5.74, 6) is -1.31. The molecule has 0 aliphatic heterocycles. The van der Waals surface area contributed by atoms with Crippen LogP contribution in [0.3, 0.4) is 0 Å². The van der Waals surface area contributed by atoms with Gasteiger partial charge >= 0.3 is 5.97 Å². The predicted molar refractivity (Wildman–Crippen MR) is 173 cm³/mol. The summed E-state index contributed by atoms with van der Waals surface area (Å²) in [5.41, 5.74) is 7.47. The molecule has 0 unspecified atom stereocenters. The van der Waals surface area contributed by atoms with Gasteiger partial charge in [0.1, 0.15) is 0 Å². The molecule has 1 amide bonds. The Kier molecular flexibility index (Phi) is 18.4. The predicted octanol–water partition coefficient (Wildman–Crippen LogP) is 8.91. The quantitative estimate of drug-likeness (QED) is 0.0658. The van der Waals surface area contributed by atoms with E-state index in [9.17, 15) is 19.8 Å². The number of carbonyl (C=O) groups is 2. The van der Waals surface area contributed by atoms with Crippen LogP contribution in [0.15, 0.2) is 76.4 Å². The molecule has 1 rings (SSSR count). The van der Waals surface area contributed by atoms with Gasteiger partial charge in [0.15, 0.2) is 18.1 Å². The van der Waals surface area contributed by atoms with Gasteiger partial charge < -0.3 is 20.3 Å². The van der Waals surface area contributed by atoms with Gasteiger partial charge in [-0.3, -0.25) is 9.59 Å². The van der Waals surface area contributed by atoms with Crippen molar-refractivity contribution in [2.75, 3.05) is 6.61 Å². The zero-order chi connectivity index (χ0) is 31.3. The van der Waals surface area contributed by atoms with Crippen LogP contribution in [0.2, 0.25) is 0 Å². The number of amides is 1. The molecule has 6 nitrogen and oxygen atoms in total. The number of esters is 1. The lowest BCUT2D eigenvalue weighted by Crippen LogP contribution is -2.28. The van der Waals surface area contributed by atoms with Crippen molar-refractivity contribution in [3.05, 3.63) is 82.0 Å². The third-order valence-electron chi connectivity index (χ3n) is 6.92. The third kappa shape index (κ3) is 18.7. The average molecular weight is 580 g/mol. The van der Waals surface area contributed by atoms with E-state index in [0.29, 0.717) is 12.0 Å². The largest absolute Gasteiger partial charge is 0.504 e. The lowest BCUT2D eigenvalue weighted by atomic mass is 10.0. The Morgan fingerprint density at radius 2 is 1.17 bits per heavy atom. The Hall–Kier alpha value is -3.54. The summed E-state index contributed by atoms with van der Waals surface area (Å²) in [4.78, 5) is 24.0. The molecule has 0 heterocycles. The minimum absolute atomic E-state index is 0.158. The zero-order valence-electron chi connectivity index (χ0n) is 26.7. The number of unbranched alkanes of at least 4 members (excludes halogenated alkanes) is 1. The number of aromatic hydroxyl groups is 2. The molecule has 232 valence electrons. The molecular weight excluding hydrogens is 526 g/mol. The molecule has 6 heteroatoms. The lowest BCUT2D eigenvalue weighted by molar-refractivity contribution is -0.148. The minimum Gasteiger partial charge on any atom is -0.504 e. The second-order valence-electron chi connectivity index (χ2n) is 11.4. The number of nitrogens with one attached hydrogen (secondary N) is 1. The zero-order valence-corrected chi connectivity index (χ0v) is 26.7. The van der Waals surface area contributed by atoms with Crippen LogP contribution in [-0.2, 0) is 20.9 Å². The number of phenolic OH excluding ortho intramolecular Hbond substituents is 2. The molecule has 0 aliphatic rings. The van der Waals surface area contributed by atoms with Crippen molar-refractivity contribution in [3.8, 4) is 11.5 Å². The highest BCUT2D eigenvalue weighted by Crippen LogP contribution is 2.24. The van der Waals surface area contributed by atoms with Gasteiger partial charge in [0, 0.05) is 13.0 Å². The van der Waals surface area contributed by atoms with Crippen molar-refractivity contribution < 1.29 is 24.5 Å². The Bertz CT molecular complexity index is 1150. The highest BCUT2D eigenvalue weighted by atomic mass is 16.5. The highest BCUT2D eigenvalue weighted by molar-refractivity contribution is 5.80. The lowest BCUT2D eigenvalue weighted by Gasteiger charge is -2.08. The van der Waals surface area contributed by atoms with Gasteiger partial charge in [-0.15, -0.1) is 0 Å². The maximum Gasteiger partial charge on any atom is 0.306 e. The normalized spacial score (nSPS) is 12.7. The summed E-state index contributed by atoms with van der Waals surface area (Å²) < 4.78 is 5.07. The molecule has 0 bridgehead atoms. The minimum atomic E-state index is -0.426. The van der Waals surface area contributed by atoms with Crippen molar-refractivity contribution in [1.29, 1.82) is 0 Å². The molecule has 0 fully saturated rings. The van der Waals surface area contributed by atoms with E-state index in [1.807, 2.05) is 6.92 Å². The van der Waals surface area contributed by atoms with E-state index in [2.05, 4.69) is 70.3 Å². The van der Waals surface area contributed by atoms with Crippen LogP contribution in [0.1, 0.15) is 111 Å². The molecule has 0 aliphatic carbocycles. The average Bonchev–Trinajstić information content (AvgIpc) is 2.93. The van der Waals surface area contributed by atoms with E-state index in [-0.39, 0.29) is 31.1 Å². The van der Waals surface area contributed by atoms with Gasteiger partial charge in [-0.2, -0.15) is 0 Å². The molecule has 1 aromatic rings. The van der Waals surface area contributed by atoms with Crippen LogP contribution in [0.25, 0.3) is 0 Å². The first-order valence-electron chi connectivity index (χ1n) is 15.1. The Morgan fingerprint density at radius 1 is 0.667 bits per heavy atom. The highest BCUT2D eigenvalue weighted by Gasteiger charge is 2.08. The number of rotatable bonds is 19. The Labute approximate surface area is 254 Å². The number of hydrogen-bond donors (Lipinski definition) is 3. The molecule has 0 atom stereocenters. The third-order valence-corrected chi connectivity index (χ3v) is 6.92. The van der Waals surface area contributed by atoms with Crippen molar-refractivity contribution >= 4 is 11.9 Å². The summed E-state index contributed by atoms with van der Waals surface area (Å²) in [7, 11) is 0. The number of ether oxygens (including phenoxy) is 1. The second kappa shape index (κ2) is 21.2. The smallest absolute Gasteiger partial charge is 0.306 e. The van der Waals surface area contributed by atoms with Crippen LogP contribution < -0.4 is 5.32 Å². The molecule has 3 N–H and O–H groups in total. The Morgan fingerprint density at radius 3 is 1.69 bits per heavy atom. The van der Waals surface area contributed by atoms with Gasteiger partial charge in [-0.25, -0.2) is 0 Å². The molecule has 1 aromatic carbocycles. The summed E-state index contributed by atoms with van der Waals surface area (Å²) in [6.45, 7) is 12.8. The molecule has 0 radical (unpaired) electrons. The van der Waals surface area contributed by atoms with Crippen LogP contribution >= 0.6 is 0 Å². The van der Waals surface area contributed by atoms with Crippen LogP contribution in [0, 0.1) is 0 Å². The van der Waals surface area contributed by atoms with Crippen molar-refractivity contribution in [3.63, 3.8) is 0 Å².